The van der Waals surface area contributed by atoms with Gasteiger partial charge >= 0.3 is 6.18 Å². The Morgan fingerprint density at radius 2 is 2.12 bits per heavy atom. The molecule has 0 N–H and O–H groups in total. The van der Waals surface area contributed by atoms with E-state index < -0.39 is 11.0 Å². The highest BCUT2D eigenvalue weighted by Crippen LogP contribution is 2.28. The van der Waals surface area contributed by atoms with Gasteiger partial charge in [0.2, 0.25) is 0 Å². The summed E-state index contributed by atoms with van der Waals surface area (Å²) in [5.74, 6) is 0. The monoisotopic (exact) mass is 303 g/mol. The van der Waals surface area contributed by atoms with Crippen LogP contribution in [0.1, 0.15) is 20.3 Å². The first-order valence-electron chi connectivity index (χ1n) is 5.41. The molecule has 1 saturated heterocycles. The van der Waals surface area contributed by atoms with Crippen molar-refractivity contribution in [1.29, 1.82) is 0 Å². The first-order valence-corrected chi connectivity index (χ1v) is 6.32. The minimum atomic E-state index is -4.18. The summed E-state index contributed by atoms with van der Waals surface area (Å²) in [6.45, 7) is 4.94. The van der Waals surface area contributed by atoms with Gasteiger partial charge < -0.3 is 4.74 Å². The zero-order valence-corrected chi connectivity index (χ0v) is 11.0. The molecule has 0 aromatic carbocycles. The molecule has 1 aliphatic rings. The van der Waals surface area contributed by atoms with Gasteiger partial charge in [-0.2, -0.15) is 13.2 Å². The third-order valence-corrected chi connectivity index (χ3v) is 3.61. The minimum Gasteiger partial charge on any atom is -0.376 e. The van der Waals surface area contributed by atoms with Crippen LogP contribution >= 0.6 is 15.9 Å². The first-order chi connectivity index (χ1) is 7.34. The van der Waals surface area contributed by atoms with Crippen LogP contribution in [0, 0.1) is 0 Å². The second-order valence-electron chi connectivity index (χ2n) is 4.17. The molecule has 0 radical (unpaired) electrons. The molecular weight excluding hydrogens is 287 g/mol. The lowest BCUT2D eigenvalue weighted by molar-refractivity contribution is -0.138. The van der Waals surface area contributed by atoms with E-state index in [2.05, 4.69) is 15.9 Å². The molecule has 16 heavy (non-hydrogen) atoms. The largest absolute Gasteiger partial charge is 0.402 e. The summed E-state index contributed by atoms with van der Waals surface area (Å²) in [6.07, 6.45) is -3.36. The quantitative estimate of drug-likeness (QED) is 0.744. The zero-order valence-electron chi connectivity index (χ0n) is 9.43. The number of hydrogen-bond acceptors (Lipinski definition) is 2. The van der Waals surface area contributed by atoms with Crippen molar-refractivity contribution in [1.82, 2.24) is 4.90 Å². The van der Waals surface area contributed by atoms with Crippen molar-refractivity contribution in [3.05, 3.63) is 0 Å². The third kappa shape index (κ3) is 3.89. The van der Waals surface area contributed by atoms with Gasteiger partial charge in [0.25, 0.3) is 0 Å². The van der Waals surface area contributed by atoms with Gasteiger partial charge in [0.15, 0.2) is 0 Å². The highest BCUT2D eigenvalue weighted by Gasteiger charge is 2.40. The van der Waals surface area contributed by atoms with Crippen LogP contribution in [0.25, 0.3) is 0 Å². The van der Waals surface area contributed by atoms with E-state index >= 15 is 0 Å². The van der Waals surface area contributed by atoms with Crippen LogP contribution < -0.4 is 0 Å². The fourth-order valence-corrected chi connectivity index (χ4v) is 2.19. The van der Waals surface area contributed by atoms with Gasteiger partial charge in [-0.05, 0) is 13.3 Å². The fraction of sp³-hybridized carbons (Fsp3) is 1.00. The van der Waals surface area contributed by atoms with E-state index in [9.17, 15) is 13.2 Å². The molecule has 1 aliphatic heterocycles. The van der Waals surface area contributed by atoms with Crippen molar-refractivity contribution in [2.75, 3.05) is 19.7 Å². The average Bonchev–Trinajstić information content (AvgIpc) is 2.16. The van der Waals surface area contributed by atoms with Crippen LogP contribution in [-0.4, -0.2) is 47.7 Å². The van der Waals surface area contributed by atoms with E-state index in [1.54, 1.807) is 0 Å². The molecule has 0 amide bonds. The number of nitrogens with zero attached hydrogens (tertiary/aromatic N) is 1. The molecule has 1 fully saturated rings. The second kappa shape index (κ2) is 5.69. The molecule has 0 aromatic heterocycles. The predicted molar refractivity (Wildman–Crippen MR) is 59.8 cm³/mol. The summed E-state index contributed by atoms with van der Waals surface area (Å²) in [7, 11) is 0. The van der Waals surface area contributed by atoms with Gasteiger partial charge in [0, 0.05) is 19.1 Å². The number of hydrogen-bond donors (Lipinski definition) is 0. The molecule has 0 saturated carbocycles. The Balaban J connectivity index is 2.55. The van der Waals surface area contributed by atoms with Gasteiger partial charge in [-0.25, -0.2) is 0 Å². The Bertz CT molecular complexity index is 225. The van der Waals surface area contributed by atoms with Crippen LogP contribution in [0.2, 0.25) is 0 Å². The summed E-state index contributed by atoms with van der Waals surface area (Å²) < 4.78 is 42.7. The van der Waals surface area contributed by atoms with E-state index in [1.165, 1.54) is 0 Å². The maximum Gasteiger partial charge on any atom is 0.402 e. The van der Waals surface area contributed by atoms with Gasteiger partial charge in [-0.15, -0.1) is 0 Å². The predicted octanol–water partition coefficient (Wildman–Crippen LogP) is 2.81. The van der Waals surface area contributed by atoms with Crippen molar-refractivity contribution in [3.63, 3.8) is 0 Å². The number of alkyl halides is 4. The molecule has 1 rings (SSSR count). The van der Waals surface area contributed by atoms with Crippen molar-refractivity contribution in [2.45, 2.75) is 43.4 Å². The highest BCUT2D eigenvalue weighted by atomic mass is 79.9. The summed E-state index contributed by atoms with van der Waals surface area (Å²) in [5.41, 5.74) is 0. The highest BCUT2D eigenvalue weighted by molar-refractivity contribution is 9.09. The van der Waals surface area contributed by atoms with Gasteiger partial charge in [-0.3, -0.25) is 4.90 Å². The number of halogens is 4. The number of morpholine rings is 1. The molecule has 6 heteroatoms. The number of ether oxygens (including phenoxy) is 1. The molecule has 0 spiro atoms. The Morgan fingerprint density at radius 1 is 1.50 bits per heavy atom. The minimum absolute atomic E-state index is 0.00426. The normalized spacial score (nSPS) is 30.4. The molecule has 96 valence electrons. The summed E-state index contributed by atoms with van der Waals surface area (Å²) in [4.78, 5) is 0.403. The zero-order chi connectivity index (χ0) is 12.3. The van der Waals surface area contributed by atoms with Crippen LogP contribution in [-0.2, 0) is 4.74 Å². The van der Waals surface area contributed by atoms with E-state index in [0.29, 0.717) is 13.2 Å². The molecule has 3 unspecified atom stereocenters. The lowest BCUT2D eigenvalue weighted by Crippen LogP contribution is -2.52. The van der Waals surface area contributed by atoms with E-state index in [0.717, 1.165) is 6.42 Å². The maximum absolute atomic E-state index is 12.4. The van der Waals surface area contributed by atoms with E-state index in [4.69, 9.17) is 4.74 Å². The van der Waals surface area contributed by atoms with Crippen LogP contribution in [0.15, 0.2) is 0 Å². The van der Waals surface area contributed by atoms with Crippen LogP contribution in [0.5, 0.6) is 0 Å². The molecule has 0 aromatic rings. The SMILES string of the molecule is CCC1COC(C)CN1CC(Br)C(F)(F)F. The van der Waals surface area contributed by atoms with E-state index in [1.807, 2.05) is 18.7 Å². The smallest absolute Gasteiger partial charge is 0.376 e. The summed E-state index contributed by atoms with van der Waals surface area (Å²) >= 11 is 2.70. The van der Waals surface area contributed by atoms with Gasteiger partial charge in [0.1, 0.15) is 4.83 Å². The van der Waals surface area contributed by atoms with Crippen molar-refractivity contribution >= 4 is 15.9 Å². The molecule has 2 nitrogen and oxygen atoms in total. The van der Waals surface area contributed by atoms with Crippen molar-refractivity contribution in [2.24, 2.45) is 0 Å². The third-order valence-electron chi connectivity index (χ3n) is 2.80. The summed E-state index contributed by atoms with van der Waals surface area (Å²) in [5, 5.41) is 0. The lowest BCUT2D eigenvalue weighted by Gasteiger charge is -2.39. The van der Waals surface area contributed by atoms with Crippen LogP contribution in [0.4, 0.5) is 13.2 Å². The van der Waals surface area contributed by atoms with E-state index in [-0.39, 0.29) is 18.7 Å². The molecule has 0 aliphatic carbocycles. The second-order valence-corrected chi connectivity index (χ2v) is 5.27. The average molecular weight is 304 g/mol. The Labute approximate surface area is 102 Å². The molecular formula is C10H17BrF3NO. The Hall–Kier alpha value is 0.190. The van der Waals surface area contributed by atoms with Crippen molar-refractivity contribution < 1.29 is 17.9 Å². The maximum atomic E-state index is 12.4. The molecule has 3 atom stereocenters. The summed E-state index contributed by atoms with van der Waals surface area (Å²) in [6, 6.07) is 0.0959. The Kier molecular flexibility index (Phi) is 5.07. The lowest BCUT2D eigenvalue weighted by atomic mass is 10.1. The molecule has 0 bridgehead atoms. The molecule has 1 heterocycles. The standard InChI is InChI=1S/C10H17BrF3NO/c1-3-8-6-16-7(2)4-15(8)5-9(11)10(12,13)14/h7-9H,3-6H2,1-2H3. The Morgan fingerprint density at radius 3 is 2.62 bits per heavy atom. The first kappa shape index (κ1) is 14.3. The van der Waals surface area contributed by atoms with Gasteiger partial charge in [-0.1, -0.05) is 22.9 Å². The van der Waals surface area contributed by atoms with Gasteiger partial charge in [0.05, 0.1) is 12.7 Å². The number of rotatable bonds is 3. The fourth-order valence-electron chi connectivity index (χ4n) is 1.82. The topological polar surface area (TPSA) is 12.5 Å². The van der Waals surface area contributed by atoms with Crippen LogP contribution in [0.3, 0.4) is 0 Å². The van der Waals surface area contributed by atoms with Crippen molar-refractivity contribution in [3.8, 4) is 0 Å².